The summed E-state index contributed by atoms with van der Waals surface area (Å²) >= 11 is 0. The number of hydrogen-bond acceptors (Lipinski definition) is 6. The van der Waals surface area contributed by atoms with E-state index in [1.807, 2.05) is 50.2 Å². The van der Waals surface area contributed by atoms with Crippen LogP contribution in [0.3, 0.4) is 0 Å². The fraction of sp³-hybridized carbons (Fsp3) is 0.333. The summed E-state index contributed by atoms with van der Waals surface area (Å²) in [5, 5.41) is 14.6. The van der Waals surface area contributed by atoms with Crippen LogP contribution in [-0.4, -0.2) is 42.1 Å². The van der Waals surface area contributed by atoms with Crippen molar-refractivity contribution in [1.29, 1.82) is 0 Å². The van der Waals surface area contributed by atoms with E-state index in [4.69, 9.17) is 14.2 Å². The molecule has 0 atom stereocenters. The molecule has 0 radical (unpaired) electrons. The van der Waals surface area contributed by atoms with E-state index in [0.29, 0.717) is 13.2 Å². The van der Waals surface area contributed by atoms with Gasteiger partial charge in [0.2, 0.25) is 0 Å². The molecule has 0 unspecified atom stereocenters. The second-order valence-corrected chi connectivity index (χ2v) is 8.15. The van der Waals surface area contributed by atoms with Gasteiger partial charge in [0.1, 0.15) is 17.2 Å². The van der Waals surface area contributed by atoms with Crippen LogP contribution >= 0.6 is 0 Å². The third-order valence-electron chi connectivity index (χ3n) is 6.13. The van der Waals surface area contributed by atoms with Crippen molar-refractivity contribution < 1.29 is 14.2 Å². The summed E-state index contributed by atoms with van der Waals surface area (Å²) in [5.74, 6) is 3.21. The van der Waals surface area contributed by atoms with E-state index >= 15 is 0 Å². The third-order valence-corrected chi connectivity index (χ3v) is 6.13. The Balaban J connectivity index is 1.73. The van der Waals surface area contributed by atoms with E-state index in [-0.39, 0.29) is 0 Å². The zero-order chi connectivity index (χ0) is 24.2. The van der Waals surface area contributed by atoms with Crippen molar-refractivity contribution in [1.82, 2.24) is 14.8 Å². The second kappa shape index (κ2) is 10.0. The number of nitrogens with one attached hydrogen (secondary N) is 1. The van der Waals surface area contributed by atoms with Gasteiger partial charge in [0, 0.05) is 34.8 Å². The van der Waals surface area contributed by atoms with Crippen molar-refractivity contribution in [3.8, 4) is 22.9 Å². The summed E-state index contributed by atoms with van der Waals surface area (Å²) in [6.07, 6.45) is 0.812. The van der Waals surface area contributed by atoms with E-state index < -0.39 is 0 Å². The fourth-order valence-electron chi connectivity index (χ4n) is 4.60. The lowest BCUT2D eigenvalue weighted by atomic mass is 10.1. The van der Waals surface area contributed by atoms with Crippen molar-refractivity contribution >= 4 is 16.6 Å². The SMILES string of the molecule is CCOc1ccc(-n2c(C)c3c(C)nnc(NCCc4ccccc4OC)c3c2C)c(OC)c1. The summed E-state index contributed by atoms with van der Waals surface area (Å²) in [6.45, 7) is 9.51. The van der Waals surface area contributed by atoms with Crippen LogP contribution in [0.15, 0.2) is 42.5 Å². The number of fused-ring (bicyclic) bond motifs is 1. The molecule has 7 heteroatoms. The van der Waals surface area contributed by atoms with Crippen molar-refractivity contribution in [2.75, 3.05) is 32.7 Å². The molecular weight excluding hydrogens is 428 g/mol. The maximum Gasteiger partial charge on any atom is 0.158 e. The van der Waals surface area contributed by atoms with Gasteiger partial charge in [0.25, 0.3) is 0 Å². The number of rotatable bonds is 9. The maximum absolute atomic E-state index is 5.73. The largest absolute Gasteiger partial charge is 0.496 e. The van der Waals surface area contributed by atoms with Crippen molar-refractivity contribution in [3.63, 3.8) is 0 Å². The molecule has 0 amide bonds. The van der Waals surface area contributed by atoms with E-state index in [1.54, 1.807) is 14.2 Å². The predicted molar refractivity (Wildman–Crippen MR) is 136 cm³/mol. The number of benzene rings is 2. The Bertz CT molecular complexity index is 1310. The third kappa shape index (κ3) is 4.25. The molecule has 7 nitrogen and oxygen atoms in total. The molecule has 4 rings (SSSR count). The molecule has 178 valence electrons. The Morgan fingerprint density at radius 1 is 0.882 bits per heavy atom. The van der Waals surface area contributed by atoms with Gasteiger partial charge >= 0.3 is 0 Å². The molecule has 2 aromatic heterocycles. The normalized spacial score (nSPS) is 11.0. The maximum atomic E-state index is 5.73. The Kier molecular flexibility index (Phi) is 6.91. The summed E-state index contributed by atoms with van der Waals surface area (Å²) in [4.78, 5) is 0. The number of methoxy groups -OCH3 is 2. The zero-order valence-electron chi connectivity index (χ0n) is 20.7. The molecular formula is C27H32N4O3. The molecule has 0 saturated heterocycles. The molecule has 1 N–H and O–H groups in total. The summed E-state index contributed by atoms with van der Waals surface area (Å²) < 4.78 is 19.1. The van der Waals surface area contributed by atoms with Crippen LogP contribution in [0.1, 0.15) is 29.6 Å². The van der Waals surface area contributed by atoms with E-state index in [9.17, 15) is 0 Å². The Morgan fingerprint density at radius 3 is 2.35 bits per heavy atom. The zero-order valence-corrected chi connectivity index (χ0v) is 20.7. The number of aromatic nitrogens is 3. The van der Waals surface area contributed by atoms with Gasteiger partial charge in [-0.25, -0.2) is 0 Å². The average molecular weight is 461 g/mol. The highest BCUT2D eigenvalue weighted by Gasteiger charge is 2.21. The van der Waals surface area contributed by atoms with E-state index in [0.717, 1.165) is 68.6 Å². The number of hydrogen-bond donors (Lipinski definition) is 1. The van der Waals surface area contributed by atoms with Crippen LogP contribution in [0.5, 0.6) is 17.2 Å². The minimum Gasteiger partial charge on any atom is -0.496 e. The number of ether oxygens (including phenoxy) is 3. The van der Waals surface area contributed by atoms with E-state index in [2.05, 4.69) is 40.0 Å². The summed E-state index contributed by atoms with van der Waals surface area (Å²) in [7, 11) is 3.38. The number of anilines is 1. The van der Waals surface area contributed by atoms with Crippen molar-refractivity contribution in [2.45, 2.75) is 34.1 Å². The lowest BCUT2D eigenvalue weighted by Crippen LogP contribution is -2.09. The summed E-state index contributed by atoms with van der Waals surface area (Å²) in [6, 6.07) is 14.0. The molecule has 2 aromatic carbocycles. The molecule has 0 aliphatic carbocycles. The van der Waals surface area contributed by atoms with E-state index in [1.165, 1.54) is 0 Å². The second-order valence-electron chi connectivity index (χ2n) is 8.15. The predicted octanol–water partition coefficient (Wildman–Crippen LogP) is 5.42. The number of para-hydroxylation sites is 1. The minimum absolute atomic E-state index is 0.606. The first-order chi connectivity index (χ1) is 16.5. The summed E-state index contributed by atoms with van der Waals surface area (Å²) in [5.41, 5.74) is 5.17. The van der Waals surface area contributed by atoms with Crippen molar-refractivity contribution in [3.05, 3.63) is 65.1 Å². The Morgan fingerprint density at radius 2 is 1.62 bits per heavy atom. The van der Waals surface area contributed by atoms with Gasteiger partial charge in [-0.05, 0) is 57.9 Å². The van der Waals surface area contributed by atoms with Gasteiger partial charge in [0.05, 0.1) is 32.2 Å². The minimum atomic E-state index is 0.606. The highest BCUT2D eigenvalue weighted by atomic mass is 16.5. The molecule has 34 heavy (non-hydrogen) atoms. The van der Waals surface area contributed by atoms with Crippen LogP contribution in [0.2, 0.25) is 0 Å². The Labute approximate surface area is 200 Å². The smallest absolute Gasteiger partial charge is 0.158 e. The standard InChI is InChI=1S/C27H32N4O3/c1-7-34-21-12-13-22(24(16-21)33-6)31-18(3)25-17(2)29-30-27(26(25)19(31)4)28-15-14-20-10-8-9-11-23(20)32-5/h8-13,16H,7,14-15H2,1-6H3,(H,28,30). The average Bonchev–Trinajstić information content (AvgIpc) is 3.12. The van der Waals surface area contributed by atoms with Crippen molar-refractivity contribution in [2.24, 2.45) is 0 Å². The first-order valence-electron chi connectivity index (χ1n) is 11.5. The van der Waals surface area contributed by atoms with Crippen LogP contribution in [0, 0.1) is 20.8 Å². The molecule has 0 aliphatic rings. The van der Waals surface area contributed by atoms with Gasteiger partial charge in [0.15, 0.2) is 5.82 Å². The molecule has 0 bridgehead atoms. The van der Waals surface area contributed by atoms with Gasteiger partial charge in [-0.3, -0.25) is 0 Å². The molecule has 0 aliphatic heterocycles. The highest BCUT2D eigenvalue weighted by Crippen LogP contribution is 2.37. The highest BCUT2D eigenvalue weighted by molar-refractivity contribution is 5.98. The molecule has 0 fully saturated rings. The van der Waals surface area contributed by atoms with Gasteiger partial charge in [-0.2, -0.15) is 5.10 Å². The molecule has 0 saturated carbocycles. The number of nitrogens with zero attached hydrogens (tertiary/aromatic N) is 3. The van der Waals surface area contributed by atoms with Crippen LogP contribution < -0.4 is 19.5 Å². The fourth-order valence-corrected chi connectivity index (χ4v) is 4.60. The van der Waals surface area contributed by atoms with Gasteiger partial charge in [-0.1, -0.05) is 18.2 Å². The van der Waals surface area contributed by atoms with Crippen LogP contribution in [0.25, 0.3) is 16.5 Å². The number of aryl methyl sites for hydroxylation is 3. The monoisotopic (exact) mass is 460 g/mol. The lowest BCUT2D eigenvalue weighted by Gasteiger charge is -2.15. The van der Waals surface area contributed by atoms with Gasteiger partial charge < -0.3 is 24.1 Å². The van der Waals surface area contributed by atoms with Gasteiger partial charge in [-0.15, -0.1) is 5.10 Å². The first kappa shape index (κ1) is 23.4. The molecule has 2 heterocycles. The van der Waals surface area contributed by atoms with Crippen LogP contribution in [0.4, 0.5) is 5.82 Å². The Hall–Kier alpha value is -3.74. The lowest BCUT2D eigenvalue weighted by molar-refractivity contribution is 0.336. The topological polar surface area (TPSA) is 70.4 Å². The first-order valence-corrected chi connectivity index (χ1v) is 11.5. The quantitative estimate of drug-likeness (QED) is 0.360. The molecule has 0 spiro atoms. The van der Waals surface area contributed by atoms with Crippen LogP contribution in [-0.2, 0) is 6.42 Å². The molecule has 4 aromatic rings.